The number of anilines is 1. The molecule has 1 aromatic carbocycles. The molecule has 0 saturated carbocycles. The van der Waals surface area contributed by atoms with E-state index >= 15 is 0 Å². The lowest BCUT2D eigenvalue weighted by Gasteiger charge is -1.96. The summed E-state index contributed by atoms with van der Waals surface area (Å²) in [6.45, 7) is -0.294. The highest BCUT2D eigenvalue weighted by Gasteiger charge is 2.11. The molecule has 0 spiro atoms. The summed E-state index contributed by atoms with van der Waals surface area (Å²) < 4.78 is 17.9. The number of carbonyl (C=O) groups is 1. The molecule has 0 aliphatic rings. The highest BCUT2D eigenvalue weighted by Crippen LogP contribution is 2.24. The Bertz CT molecular complexity index is 509. The molecule has 1 aromatic heterocycles. The average molecular weight is 210 g/mol. The molecule has 0 aliphatic carbocycles. The van der Waals surface area contributed by atoms with Gasteiger partial charge < -0.3 is 14.9 Å². The molecule has 5 nitrogen and oxygen atoms in total. The summed E-state index contributed by atoms with van der Waals surface area (Å²) in [6.07, 6.45) is 0. The first kappa shape index (κ1) is 9.45. The molecule has 1 heterocycles. The van der Waals surface area contributed by atoms with E-state index < -0.39 is 11.8 Å². The fourth-order valence-electron chi connectivity index (χ4n) is 1.22. The normalized spacial score (nSPS) is 10.5. The average Bonchev–Trinajstić information content (AvgIpc) is 2.59. The maximum absolute atomic E-state index is 13.1. The van der Waals surface area contributed by atoms with Gasteiger partial charge >= 0.3 is 5.97 Å². The molecule has 0 amide bonds. The van der Waals surface area contributed by atoms with E-state index in [0.29, 0.717) is 5.39 Å². The minimum Gasteiger partial charge on any atom is -0.480 e. The summed E-state index contributed by atoms with van der Waals surface area (Å²) in [5.74, 6) is -1.32. The number of aliphatic carboxylic acids is 1. The second kappa shape index (κ2) is 3.56. The number of fused-ring (bicyclic) bond motifs is 1. The van der Waals surface area contributed by atoms with Gasteiger partial charge in [-0.15, -0.1) is 0 Å². The maximum Gasteiger partial charge on any atom is 0.322 e. The molecular formula is C9H7FN2O3. The molecular weight excluding hydrogens is 203 g/mol. The smallest absolute Gasteiger partial charge is 0.322 e. The predicted molar refractivity (Wildman–Crippen MR) is 50.1 cm³/mol. The van der Waals surface area contributed by atoms with Crippen molar-refractivity contribution in [3.05, 3.63) is 24.0 Å². The lowest BCUT2D eigenvalue weighted by atomic mass is 10.2. The number of nitrogens with zero attached hydrogens (tertiary/aromatic N) is 1. The van der Waals surface area contributed by atoms with E-state index in [2.05, 4.69) is 10.5 Å². The van der Waals surface area contributed by atoms with Crippen LogP contribution in [0.2, 0.25) is 0 Å². The number of carboxylic acids is 1. The Hall–Kier alpha value is -2.11. The SMILES string of the molecule is O=C(O)CNc1noc2c(F)cccc12. The van der Waals surface area contributed by atoms with Gasteiger partial charge in [-0.2, -0.15) is 0 Å². The van der Waals surface area contributed by atoms with Crippen LogP contribution in [0.1, 0.15) is 0 Å². The van der Waals surface area contributed by atoms with Crippen molar-refractivity contribution in [1.82, 2.24) is 5.16 Å². The van der Waals surface area contributed by atoms with Crippen LogP contribution in [0.4, 0.5) is 10.2 Å². The van der Waals surface area contributed by atoms with Crippen molar-refractivity contribution in [2.45, 2.75) is 0 Å². The topological polar surface area (TPSA) is 75.4 Å². The van der Waals surface area contributed by atoms with Crippen LogP contribution in [0.3, 0.4) is 0 Å². The first-order chi connectivity index (χ1) is 7.18. The highest BCUT2D eigenvalue weighted by atomic mass is 19.1. The molecule has 0 bridgehead atoms. The number of para-hydroxylation sites is 1. The number of carboxylic acid groups (broad SMARTS) is 1. The van der Waals surface area contributed by atoms with Gasteiger partial charge in [0.15, 0.2) is 11.6 Å². The zero-order valence-electron chi connectivity index (χ0n) is 7.53. The van der Waals surface area contributed by atoms with Crippen molar-refractivity contribution in [3.63, 3.8) is 0 Å². The van der Waals surface area contributed by atoms with Crippen LogP contribution >= 0.6 is 0 Å². The van der Waals surface area contributed by atoms with Crippen molar-refractivity contribution in [2.24, 2.45) is 0 Å². The van der Waals surface area contributed by atoms with Gasteiger partial charge in [-0.25, -0.2) is 4.39 Å². The van der Waals surface area contributed by atoms with Gasteiger partial charge in [0.25, 0.3) is 0 Å². The quantitative estimate of drug-likeness (QED) is 0.802. The molecule has 78 valence electrons. The van der Waals surface area contributed by atoms with Crippen LogP contribution in [-0.2, 0) is 4.79 Å². The first-order valence-electron chi connectivity index (χ1n) is 4.18. The van der Waals surface area contributed by atoms with Crippen molar-refractivity contribution in [3.8, 4) is 0 Å². The van der Waals surface area contributed by atoms with Gasteiger partial charge in [0.2, 0.25) is 5.58 Å². The Morgan fingerprint density at radius 1 is 1.60 bits per heavy atom. The molecule has 0 unspecified atom stereocenters. The highest BCUT2D eigenvalue weighted by molar-refractivity contribution is 5.89. The van der Waals surface area contributed by atoms with E-state index in [1.54, 1.807) is 6.07 Å². The zero-order valence-corrected chi connectivity index (χ0v) is 7.53. The summed E-state index contributed by atoms with van der Waals surface area (Å²) in [5.41, 5.74) is 0.0189. The zero-order chi connectivity index (χ0) is 10.8. The van der Waals surface area contributed by atoms with Crippen LogP contribution in [0, 0.1) is 5.82 Å². The molecule has 6 heteroatoms. The number of aromatic nitrogens is 1. The summed E-state index contributed by atoms with van der Waals surface area (Å²) in [4.78, 5) is 10.3. The molecule has 2 N–H and O–H groups in total. The molecule has 0 fully saturated rings. The van der Waals surface area contributed by atoms with E-state index in [0.717, 1.165) is 0 Å². The maximum atomic E-state index is 13.1. The van der Waals surface area contributed by atoms with Gasteiger partial charge in [-0.05, 0) is 12.1 Å². The van der Waals surface area contributed by atoms with Crippen molar-refractivity contribution in [1.29, 1.82) is 0 Å². The van der Waals surface area contributed by atoms with Crippen LogP contribution in [0.15, 0.2) is 22.7 Å². The molecule has 0 radical (unpaired) electrons. The predicted octanol–water partition coefficient (Wildman–Crippen LogP) is 1.46. The van der Waals surface area contributed by atoms with Gasteiger partial charge in [-0.1, -0.05) is 11.2 Å². The Morgan fingerprint density at radius 2 is 2.40 bits per heavy atom. The Kier molecular flexibility index (Phi) is 2.24. The minimum absolute atomic E-state index is 0.0189. The number of nitrogens with one attached hydrogen (secondary N) is 1. The van der Waals surface area contributed by atoms with Crippen molar-refractivity contribution < 1.29 is 18.8 Å². The van der Waals surface area contributed by atoms with E-state index in [4.69, 9.17) is 9.63 Å². The van der Waals surface area contributed by atoms with Crippen LogP contribution in [0.25, 0.3) is 11.0 Å². The third kappa shape index (κ3) is 1.74. The van der Waals surface area contributed by atoms with Gasteiger partial charge in [0.05, 0.1) is 5.39 Å². The first-order valence-corrected chi connectivity index (χ1v) is 4.18. The Balaban J connectivity index is 2.37. The third-order valence-electron chi connectivity index (χ3n) is 1.86. The summed E-state index contributed by atoms with van der Waals surface area (Å²) >= 11 is 0. The van der Waals surface area contributed by atoms with Crippen molar-refractivity contribution in [2.75, 3.05) is 11.9 Å². The molecule has 0 atom stereocenters. The monoisotopic (exact) mass is 210 g/mol. The van der Waals surface area contributed by atoms with Crippen LogP contribution < -0.4 is 5.32 Å². The van der Waals surface area contributed by atoms with Crippen molar-refractivity contribution >= 4 is 22.8 Å². The Morgan fingerprint density at radius 3 is 3.13 bits per heavy atom. The van der Waals surface area contributed by atoms with Gasteiger partial charge in [-0.3, -0.25) is 4.79 Å². The van der Waals surface area contributed by atoms with E-state index in [9.17, 15) is 9.18 Å². The van der Waals surface area contributed by atoms with E-state index in [-0.39, 0.29) is 17.9 Å². The molecule has 2 rings (SSSR count). The largest absolute Gasteiger partial charge is 0.480 e. The Labute approximate surface area is 83.5 Å². The molecule has 0 saturated heterocycles. The minimum atomic E-state index is -1.03. The second-order valence-electron chi connectivity index (χ2n) is 2.89. The summed E-state index contributed by atoms with van der Waals surface area (Å²) in [5, 5.41) is 14.9. The molecule has 0 aliphatic heterocycles. The molecule has 15 heavy (non-hydrogen) atoms. The lowest BCUT2D eigenvalue weighted by Crippen LogP contribution is -2.12. The second-order valence-corrected chi connectivity index (χ2v) is 2.89. The van der Waals surface area contributed by atoms with E-state index in [1.165, 1.54) is 12.1 Å². The number of benzene rings is 1. The van der Waals surface area contributed by atoms with Gasteiger partial charge in [0.1, 0.15) is 6.54 Å². The number of hydrogen-bond donors (Lipinski definition) is 2. The number of halogens is 1. The fourth-order valence-corrected chi connectivity index (χ4v) is 1.22. The fraction of sp³-hybridized carbons (Fsp3) is 0.111. The summed E-state index contributed by atoms with van der Waals surface area (Å²) in [6, 6.07) is 4.34. The number of rotatable bonds is 3. The van der Waals surface area contributed by atoms with Crippen LogP contribution in [0.5, 0.6) is 0 Å². The standard InChI is InChI=1S/C9H7FN2O3/c10-6-3-1-2-5-8(6)15-12-9(5)11-4-7(13)14/h1-3H,4H2,(H,11,12)(H,13,14). The molecule has 2 aromatic rings. The third-order valence-corrected chi connectivity index (χ3v) is 1.86. The number of hydrogen-bond acceptors (Lipinski definition) is 4. The summed E-state index contributed by atoms with van der Waals surface area (Å²) in [7, 11) is 0. The van der Waals surface area contributed by atoms with E-state index in [1.807, 2.05) is 0 Å². The van der Waals surface area contributed by atoms with Gasteiger partial charge in [0, 0.05) is 0 Å². The van der Waals surface area contributed by atoms with Crippen LogP contribution in [-0.4, -0.2) is 22.8 Å². The lowest BCUT2D eigenvalue weighted by molar-refractivity contribution is -0.134.